The fourth-order valence-corrected chi connectivity index (χ4v) is 2.64. The first-order valence-corrected chi connectivity index (χ1v) is 6.72. The SMILES string of the molecule is Cc1ccccc1C(CN)OC1CCCCC1. The summed E-state index contributed by atoms with van der Waals surface area (Å²) in [5.74, 6) is 0. The summed E-state index contributed by atoms with van der Waals surface area (Å²) in [5, 5.41) is 0. The lowest BCUT2D eigenvalue weighted by Crippen LogP contribution is -2.25. The maximum atomic E-state index is 6.18. The third-order valence-corrected chi connectivity index (χ3v) is 3.66. The third-order valence-electron chi connectivity index (χ3n) is 3.66. The van der Waals surface area contributed by atoms with E-state index in [1.165, 1.54) is 43.2 Å². The Morgan fingerprint density at radius 3 is 2.59 bits per heavy atom. The molecule has 0 heterocycles. The molecule has 2 N–H and O–H groups in total. The zero-order chi connectivity index (χ0) is 12.1. The molecule has 94 valence electrons. The van der Waals surface area contributed by atoms with Gasteiger partial charge in [-0.25, -0.2) is 0 Å². The van der Waals surface area contributed by atoms with Crippen LogP contribution in [0.3, 0.4) is 0 Å². The maximum Gasteiger partial charge on any atom is 0.0953 e. The molecule has 1 aromatic carbocycles. The Bertz CT molecular complexity index is 345. The van der Waals surface area contributed by atoms with Crippen LogP contribution in [0.5, 0.6) is 0 Å². The summed E-state index contributed by atoms with van der Waals surface area (Å²) in [4.78, 5) is 0. The molecule has 0 saturated heterocycles. The van der Waals surface area contributed by atoms with Gasteiger partial charge in [0.25, 0.3) is 0 Å². The van der Waals surface area contributed by atoms with Crippen molar-refractivity contribution in [2.75, 3.05) is 6.54 Å². The normalized spacial score (nSPS) is 19.2. The van der Waals surface area contributed by atoms with E-state index in [1.807, 2.05) is 0 Å². The fourth-order valence-electron chi connectivity index (χ4n) is 2.64. The highest BCUT2D eigenvalue weighted by Crippen LogP contribution is 2.27. The Balaban J connectivity index is 2.03. The summed E-state index contributed by atoms with van der Waals surface area (Å²) >= 11 is 0. The van der Waals surface area contributed by atoms with Gasteiger partial charge in [-0.2, -0.15) is 0 Å². The van der Waals surface area contributed by atoms with Crippen LogP contribution < -0.4 is 5.73 Å². The molecule has 17 heavy (non-hydrogen) atoms. The van der Waals surface area contributed by atoms with Gasteiger partial charge in [-0.3, -0.25) is 0 Å². The van der Waals surface area contributed by atoms with Crippen LogP contribution in [-0.4, -0.2) is 12.6 Å². The Morgan fingerprint density at radius 1 is 1.24 bits per heavy atom. The second-order valence-electron chi connectivity index (χ2n) is 4.98. The van der Waals surface area contributed by atoms with Gasteiger partial charge < -0.3 is 10.5 Å². The van der Waals surface area contributed by atoms with Gasteiger partial charge in [-0.15, -0.1) is 0 Å². The van der Waals surface area contributed by atoms with E-state index < -0.39 is 0 Å². The number of benzene rings is 1. The van der Waals surface area contributed by atoms with Crippen molar-refractivity contribution in [2.24, 2.45) is 5.73 Å². The zero-order valence-corrected chi connectivity index (χ0v) is 10.7. The molecule has 0 aliphatic heterocycles. The summed E-state index contributed by atoms with van der Waals surface area (Å²) in [6.45, 7) is 2.70. The molecule has 2 heteroatoms. The number of hydrogen-bond donors (Lipinski definition) is 1. The standard InChI is InChI=1S/C15H23NO/c1-12-7-5-6-10-14(12)15(11-16)17-13-8-3-2-4-9-13/h5-7,10,13,15H,2-4,8-9,11,16H2,1H3. The van der Waals surface area contributed by atoms with Crippen molar-refractivity contribution in [3.63, 3.8) is 0 Å². The second-order valence-corrected chi connectivity index (χ2v) is 4.98. The van der Waals surface area contributed by atoms with Crippen molar-refractivity contribution >= 4 is 0 Å². The number of hydrogen-bond acceptors (Lipinski definition) is 2. The van der Waals surface area contributed by atoms with E-state index in [4.69, 9.17) is 10.5 Å². The number of rotatable bonds is 4. The molecule has 0 bridgehead atoms. The minimum atomic E-state index is 0.0688. The highest BCUT2D eigenvalue weighted by Gasteiger charge is 2.20. The number of aryl methyl sites for hydroxylation is 1. The molecule has 1 aliphatic carbocycles. The van der Waals surface area contributed by atoms with Crippen molar-refractivity contribution in [1.82, 2.24) is 0 Å². The minimum absolute atomic E-state index is 0.0688. The fraction of sp³-hybridized carbons (Fsp3) is 0.600. The predicted molar refractivity (Wildman–Crippen MR) is 70.9 cm³/mol. The van der Waals surface area contributed by atoms with Gasteiger partial charge in [0.2, 0.25) is 0 Å². The third kappa shape index (κ3) is 3.30. The van der Waals surface area contributed by atoms with E-state index in [0.717, 1.165) is 0 Å². The summed E-state index contributed by atoms with van der Waals surface area (Å²) < 4.78 is 6.18. The molecule has 1 aliphatic rings. The van der Waals surface area contributed by atoms with E-state index in [2.05, 4.69) is 31.2 Å². The Morgan fingerprint density at radius 2 is 1.94 bits per heavy atom. The van der Waals surface area contributed by atoms with E-state index in [9.17, 15) is 0 Å². The molecule has 0 radical (unpaired) electrons. The highest BCUT2D eigenvalue weighted by atomic mass is 16.5. The summed E-state index contributed by atoms with van der Waals surface area (Å²) in [5.41, 5.74) is 8.39. The van der Waals surface area contributed by atoms with Gasteiger partial charge in [-0.05, 0) is 30.9 Å². The molecule has 1 fully saturated rings. The molecule has 1 atom stereocenters. The van der Waals surface area contributed by atoms with Gasteiger partial charge >= 0.3 is 0 Å². The van der Waals surface area contributed by atoms with Gasteiger partial charge in [-0.1, -0.05) is 43.5 Å². The van der Waals surface area contributed by atoms with Crippen molar-refractivity contribution < 1.29 is 4.74 Å². The van der Waals surface area contributed by atoms with Crippen molar-refractivity contribution in [2.45, 2.75) is 51.2 Å². The first-order chi connectivity index (χ1) is 8.31. The van der Waals surface area contributed by atoms with Crippen LogP contribution in [0, 0.1) is 6.92 Å². The monoisotopic (exact) mass is 233 g/mol. The van der Waals surface area contributed by atoms with Crippen LogP contribution in [0.1, 0.15) is 49.3 Å². The quantitative estimate of drug-likeness (QED) is 0.865. The van der Waals surface area contributed by atoms with Crippen LogP contribution in [-0.2, 0) is 4.74 Å². The molecular weight excluding hydrogens is 210 g/mol. The topological polar surface area (TPSA) is 35.2 Å². The molecule has 1 unspecified atom stereocenters. The molecule has 1 saturated carbocycles. The lowest BCUT2D eigenvalue weighted by Gasteiger charge is -2.28. The summed E-state index contributed by atoms with van der Waals surface area (Å²) in [6, 6.07) is 8.39. The molecule has 0 amide bonds. The Labute approximate surface area is 104 Å². The van der Waals surface area contributed by atoms with E-state index in [0.29, 0.717) is 12.6 Å². The summed E-state index contributed by atoms with van der Waals surface area (Å²) in [6.07, 6.45) is 6.84. The molecule has 0 aromatic heterocycles. The average Bonchev–Trinajstić information content (AvgIpc) is 2.38. The Hall–Kier alpha value is -0.860. The first-order valence-electron chi connectivity index (χ1n) is 6.72. The van der Waals surface area contributed by atoms with Crippen LogP contribution >= 0.6 is 0 Å². The largest absolute Gasteiger partial charge is 0.369 e. The Kier molecular flexibility index (Phi) is 4.57. The molecule has 2 nitrogen and oxygen atoms in total. The smallest absolute Gasteiger partial charge is 0.0953 e. The number of ether oxygens (including phenoxy) is 1. The van der Waals surface area contributed by atoms with Gasteiger partial charge in [0.15, 0.2) is 0 Å². The van der Waals surface area contributed by atoms with Gasteiger partial charge in [0.05, 0.1) is 12.2 Å². The zero-order valence-electron chi connectivity index (χ0n) is 10.7. The maximum absolute atomic E-state index is 6.18. The molecular formula is C15H23NO. The molecule has 0 spiro atoms. The first kappa shape index (κ1) is 12.6. The van der Waals surface area contributed by atoms with Crippen LogP contribution in [0.4, 0.5) is 0 Å². The number of nitrogens with two attached hydrogens (primary N) is 1. The summed E-state index contributed by atoms with van der Waals surface area (Å²) in [7, 11) is 0. The molecule has 2 rings (SSSR count). The van der Waals surface area contributed by atoms with Crippen molar-refractivity contribution in [3.05, 3.63) is 35.4 Å². The molecule has 1 aromatic rings. The van der Waals surface area contributed by atoms with E-state index >= 15 is 0 Å². The lowest BCUT2D eigenvalue weighted by molar-refractivity contribution is -0.0271. The highest BCUT2D eigenvalue weighted by molar-refractivity contribution is 5.28. The average molecular weight is 233 g/mol. The predicted octanol–water partition coefficient (Wildman–Crippen LogP) is 3.34. The second kappa shape index (κ2) is 6.18. The van der Waals surface area contributed by atoms with E-state index in [1.54, 1.807) is 0 Å². The lowest BCUT2D eigenvalue weighted by atomic mass is 9.97. The van der Waals surface area contributed by atoms with E-state index in [-0.39, 0.29) is 6.10 Å². The van der Waals surface area contributed by atoms with Crippen LogP contribution in [0.2, 0.25) is 0 Å². The van der Waals surface area contributed by atoms with Gasteiger partial charge in [0, 0.05) is 6.54 Å². The van der Waals surface area contributed by atoms with Crippen LogP contribution in [0.25, 0.3) is 0 Å². The minimum Gasteiger partial charge on any atom is -0.369 e. The van der Waals surface area contributed by atoms with Gasteiger partial charge in [0.1, 0.15) is 0 Å². The van der Waals surface area contributed by atoms with Crippen LogP contribution in [0.15, 0.2) is 24.3 Å². The van der Waals surface area contributed by atoms with Crippen molar-refractivity contribution in [3.8, 4) is 0 Å². The van der Waals surface area contributed by atoms with Crippen molar-refractivity contribution in [1.29, 1.82) is 0 Å².